The topological polar surface area (TPSA) is 65.8 Å². The molecule has 2 aromatic heterocycles. The van der Waals surface area contributed by atoms with E-state index in [2.05, 4.69) is 10.3 Å². The summed E-state index contributed by atoms with van der Waals surface area (Å²) in [4.78, 5) is 17.6. The van der Waals surface area contributed by atoms with Gasteiger partial charge in [-0.15, -0.1) is 22.7 Å². The number of hydrogen-bond donors (Lipinski definition) is 1. The molecule has 1 amide bonds. The van der Waals surface area contributed by atoms with Crippen LogP contribution in [0.4, 0.5) is 10.1 Å². The van der Waals surface area contributed by atoms with E-state index in [4.69, 9.17) is 11.6 Å². The van der Waals surface area contributed by atoms with Gasteiger partial charge in [0.2, 0.25) is 0 Å². The van der Waals surface area contributed by atoms with E-state index in [1.54, 1.807) is 16.7 Å². The fourth-order valence-electron chi connectivity index (χ4n) is 1.93. The molecule has 1 N–H and O–H groups in total. The van der Waals surface area contributed by atoms with Crippen molar-refractivity contribution in [1.29, 1.82) is 5.26 Å². The minimum Gasteiger partial charge on any atom is -0.321 e. The summed E-state index contributed by atoms with van der Waals surface area (Å²) in [5, 5.41) is 16.2. The summed E-state index contributed by atoms with van der Waals surface area (Å²) in [5.74, 6) is -1.20. The molecule has 0 fully saturated rings. The van der Waals surface area contributed by atoms with Crippen molar-refractivity contribution in [3.8, 4) is 16.0 Å². The van der Waals surface area contributed by atoms with Gasteiger partial charge in [0.25, 0.3) is 5.91 Å². The number of carbonyl (C=O) groups excluding carboxylic acids is 1. The van der Waals surface area contributed by atoms with Crippen molar-refractivity contribution in [2.45, 2.75) is 0 Å². The van der Waals surface area contributed by atoms with E-state index in [0.717, 1.165) is 16.0 Å². The Bertz CT molecular complexity index is 990. The largest absolute Gasteiger partial charge is 0.321 e. The van der Waals surface area contributed by atoms with Gasteiger partial charge in [-0.2, -0.15) is 5.26 Å². The first-order valence-electron chi connectivity index (χ1n) is 6.94. The lowest BCUT2D eigenvalue weighted by molar-refractivity contribution is -0.112. The van der Waals surface area contributed by atoms with E-state index in [9.17, 15) is 14.4 Å². The van der Waals surface area contributed by atoms with Crippen molar-refractivity contribution >= 4 is 51.9 Å². The van der Waals surface area contributed by atoms with Crippen LogP contribution in [0.1, 0.15) is 5.69 Å². The number of anilines is 1. The van der Waals surface area contributed by atoms with Gasteiger partial charge in [0.05, 0.1) is 15.6 Å². The predicted molar refractivity (Wildman–Crippen MR) is 99.1 cm³/mol. The highest BCUT2D eigenvalue weighted by molar-refractivity contribution is 7.20. The molecule has 0 saturated carbocycles. The third kappa shape index (κ3) is 4.12. The molecule has 0 aliphatic carbocycles. The lowest BCUT2D eigenvalue weighted by Gasteiger charge is -2.04. The highest BCUT2D eigenvalue weighted by Gasteiger charge is 2.12. The van der Waals surface area contributed by atoms with E-state index in [-0.39, 0.29) is 10.6 Å². The summed E-state index contributed by atoms with van der Waals surface area (Å²) >= 11 is 8.68. The number of aromatic nitrogens is 1. The highest BCUT2D eigenvalue weighted by Crippen LogP contribution is 2.28. The van der Waals surface area contributed by atoms with E-state index in [1.165, 1.54) is 29.5 Å². The first-order valence-corrected chi connectivity index (χ1v) is 9.08. The van der Waals surface area contributed by atoms with Gasteiger partial charge >= 0.3 is 0 Å². The van der Waals surface area contributed by atoms with Crippen LogP contribution in [0.25, 0.3) is 16.0 Å². The molecule has 3 rings (SSSR count). The predicted octanol–water partition coefficient (Wildman–Crippen LogP) is 5.21. The zero-order valence-corrected chi connectivity index (χ0v) is 14.9. The monoisotopic (exact) mass is 389 g/mol. The van der Waals surface area contributed by atoms with Crippen LogP contribution in [-0.4, -0.2) is 10.9 Å². The van der Waals surface area contributed by atoms with Gasteiger partial charge in [0, 0.05) is 11.1 Å². The SMILES string of the molecule is N#CC(=Cc1csc(-c2cccs2)n1)C(=O)Nc1ccc(F)c(Cl)c1. The van der Waals surface area contributed by atoms with Gasteiger partial charge < -0.3 is 5.32 Å². The number of halogens is 2. The van der Waals surface area contributed by atoms with Crippen molar-refractivity contribution in [3.63, 3.8) is 0 Å². The second-order valence-corrected chi connectivity index (χ2v) is 7.02. The molecular weight excluding hydrogens is 381 g/mol. The van der Waals surface area contributed by atoms with Crippen LogP contribution in [0.5, 0.6) is 0 Å². The first-order chi connectivity index (χ1) is 12.1. The van der Waals surface area contributed by atoms with Crippen molar-refractivity contribution in [3.05, 3.63) is 63.2 Å². The number of carbonyl (C=O) groups is 1. The molecule has 25 heavy (non-hydrogen) atoms. The van der Waals surface area contributed by atoms with Crippen molar-refractivity contribution in [2.75, 3.05) is 5.32 Å². The van der Waals surface area contributed by atoms with Crippen molar-refractivity contribution in [1.82, 2.24) is 4.98 Å². The minimum absolute atomic E-state index is 0.108. The Hall–Kier alpha value is -2.53. The molecule has 124 valence electrons. The van der Waals surface area contributed by atoms with Crippen LogP contribution in [0.15, 0.2) is 46.7 Å². The Balaban J connectivity index is 1.79. The molecule has 0 atom stereocenters. The summed E-state index contributed by atoms with van der Waals surface area (Å²) in [6, 6.07) is 9.52. The van der Waals surface area contributed by atoms with Crippen LogP contribution >= 0.6 is 34.3 Å². The van der Waals surface area contributed by atoms with Crippen molar-refractivity contribution in [2.24, 2.45) is 0 Å². The van der Waals surface area contributed by atoms with E-state index in [0.29, 0.717) is 11.4 Å². The zero-order valence-electron chi connectivity index (χ0n) is 12.5. The normalized spacial score (nSPS) is 11.2. The molecule has 0 radical (unpaired) electrons. The molecule has 4 nitrogen and oxygen atoms in total. The standard InChI is InChI=1S/C17H9ClFN3OS2/c18-13-7-11(3-4-14(13)19)21-16(23)10(8-20)6-12-9-25-17(22-12)15-2-1-5-24-15/h1-7,9H,(H,21,23). The van der Waals surface area contributed by atoms with Gasteiger partial charge in [0.1, 0.15) is 22.5 Å². The number of benzene rings is 1. The molecule has 0 bridgehead atoms. The van der Waals surface area contributed by atoms with Gasteiger partial charge in [0.15, 0.2) is 0 Å². The maximum absolute atomic E-state index is 13.2. The average molecular weight is 390 g/mol. The molecule has 0 unspecified atom stereocenters. The molecule has 8 heteroatoms. The summed E-state index contributed by atoms with van der Waals surface area (Å²) in [7, 11) is 0. The molecule has 0 aliphatic rings. The van der Waals surface area contributed by atoms with Crippen LogP contribution in [0.3, 0.4) is 0 Å². The van der Waals surface area contributed by atoms with Crippen molar-refractivity contribution < 1.29 is 9.18 Å². The number of amides is 1. The Morgan fingerprint density at radius 1 is 1.36 bits per heavy atom. The van der Waals surface area contributed by atoms with Gasteiger partial charge in [-0.05, 0) is 35.7 Å². The third-order valence-electron chi connectivity index (χ3n) is 3.09. The maximum Gasteiger partial charge on any atom is 0.266 e. The van der Waals surface area contributed by atoms with Gasteiger partial charge in [-0.25, -0.2) is 9.37 Å². The number of thiophene rings is 1. The Kier molecular flexibility index (Phi) is 5.24. The molecule has 3 aromatic rings. The van der Waals surface area contributed by atoms with Crippen LogP contribution < -0.4 is 5.32 Å². The number of nitrogens with one attached hydrogen (secondary N) is 1. The van der Waals surface area contributed by atoms with Crippen LogP contribution in [0, 0.1) is 17.1 Å². The number of thiazole rings is 1. The number of nitriles is 1. The third-order valence-corrected chi connectivity index (χ3v) is 5.28. The fourth-order valence-corrected chi connectivity index (χ4v) is 3.71. The molecule has 0 spiro atoms. The van der Waals surface area contributed by atoms with E-state index >= 15 is 0 Å². The Morgan fingerprint density at radius 3 is 2.88 bits per heavy atom. The second-order valence-electron chi connectivity index (χ2n) is 4.81. The zero-order chi connectivity index (χ0) is 17.8. The first kappa shape index (κ1) is 17.3. The fraction of sp³-hybridized carbons (Fsp3) is 0. The van der Waals surface area contributed by atoms with Gasteiger partial charge in [-0.1, -0.05) is 17.7 Å². The van der Waals surface area contributed by atoms with Crippen LogP contribution in [-0.2, 0) is 4.79 Å². The Labute approximate surface area is 155 Å². The highest BCUT2D eigenvalue weighted by atomic mass is 35.5. The summed E-state index contributed by atoms with van der Waals surface area (Å²) in [5.41, 5.74) is 0.718. The smallest absolute Gasteiger partial charge is 0.266 e. The lowest BCUT2D eigenvalue weighted by atomic mass is 10.2. The van der Waals surface area contributed by atoms with Gasteiger partial charge in [-0.3, -0.25) is 4.79 Å². The quantitative estimate of drug-likeness (QED) is 0.492. The minimum atomic E-state index is -0.615. The number of rotatable bonds is 4. The summed E-state index contributed by atoms with van der Waals surface area (Å²) < 4.78 is 13.2. The lowest BCUT2D eigenvalue weighted by Crippen LogP contribution is -2.13. The molecule has 0 saturated heterocycles. The molecule has 2 heterocycles. The summed E-state index contributed by atoms with van der Waals surface area (Å²) in [6.45, 7) is 0. The second kappa shape index (κ2) is 7.57. The number of nitrogens with zero attached hydrogens (tertiary/aromatic N) is 2. The van der Waals surface area contributed by atoms with E-state index < -0.39 is 11.7 Å². The molecular formula is C17H9ClFN3OS2. The number of hydrogen-bond acceptors (Lipinski definition) is 5. The molecule has 1 aromatic carbocycles. The summed E-state index contributed by atoms with van der Waals surface area (Å²) in [6.07, 6.45) is 1.41. The van der Waals surface area contributed by atoms with Crippen LogP contribution in [0.2, 0.25) is 5.02 Å². The maximum atomic E-state index is 13.2. The molecule has 0 aliphatic heterocycles. The average Bonchev–Trinajstić information content (AvgIpc) is 3.27. The Morgan fingerprint density at radius 2 is 2.20 bits per heavy atom. The van der Waals surface area contributed by atoms with E-state index in [1.807, 2.05) is 23.6 Å².